The minimum absolute atomic E-state index is 0.00596. The van der Waals surface area contributed by atoms with Crippen LogP contribution in [-0.4, -0.2) is 54.4 Å². The molecule has 1 saturated heterocycles. The fourth-order valence-electron chi connectivity index (χ4n) is 2.81. The number of carbonyl (C=O) groups is 1. The molecule has 3 N–H and O–H groups in total. The van der Waals surface area contributed by atoms with E-state index in [4.69, 9.17) is 0 Å². The highest BCUT2D eigenvalue weighted by Gasteiger charge is 2.42. The molecular formula is C15H29N3O2. The summed E-state index contributed by atoms with van der Waals surface area (Å²) in [7, 11) is 0. The fourth-order valence-corrected chi connectivity index (χ4v) is 2.81. The number of nitrogens with zero attached hydrogens (tertiary/aromatic N) is 1. The third-order valence-electron chi connectivity index (χ3n) is 4.81. The minimum atomic E-state index is -0.116. The van der Waals surface area contributed by atoms with Crippen molar-refractivity contribution in [2.24, 2.45) is 5.41 Å². The van der Waals surface area contributed by atoms with Crippen molar-refractivity contribution < 1.29 is 9.90 Å². The summed E-state index contributed by atoms with van der Waals surface area (Å²) in [6.45, 7) is 8.05. The first-order valence-corrected chi connectivity index (χ1v) is 7.85. The number of aliphatic hydroxyl groups excluding tert-OH is 1. The van der Waals surface area contributed by atoms with E-state index in [-0.39, 0.29) is 23.6 Å². The van der Waals surface area contributed by atoms with Crippen molar-refractivity contribution >= 4 is 6.03 Å². The van der Waals surface area contributed by atoms with Gasteiger partial charge in [-0.15, -0.1) is 0 Å². The van der Waals surface area contributed by atoms with E-state index in [0.717, 1.165) is 25.9 Å². The zero-order valence-electron chi connectivity index (χ0n) is 12.9. The van der Waals surface area contributed by atoms with E-state index in [2.05, 4.69) is 29.4 Å². The Morgan fingerprint density at radius 3 is 2.40 bits per heavy atom. The van der Waals surface area contributed by atoms with Gasteiger partial charge in [0.1, 0.15) is 0 Å². The maximum absolute atomic E-state index is 11.8. The molecule has 0 radical (unpaired) electrons. The summed E-state index contributed by atoms with van der Waals surface area (Å²) in [5.41, 5.74) is -0.0221. The molecule has 1 saturated carbocycles. The molecule has 5 nitrogen and oxygen atoms in total. The van der Waals surface area contributed by atoms with Crippen LogP contribution in [0.1, 0.15) is 46.0 Å². The molecule has 0 unspecified atom stereocenters. The molecule has 0 aromatic carbocycles. The van der Waals surface area contributed by atoms with Gasteiger partial charge >= 0.3 is 6.03 Å². The zero-order valence-corrected chi connectivity index (χ0v) is 12.9. The van der Waals surface area contributed by atoms with Crippen LogP contribution in [0.3, 0.4) is 0 Å². The van der Waals surface area contributed by atoms with Crippen LogP contribution >= 0.6 is 0 Å². The SMILES string of the molecule is CC(C)(CNC(=O)NCC1(CO)CC1)N1CCCCC1. The largest absolute Gasteiger partial charge is 0.396 e. The van der Waals surface area contributed by atoms with Gasteiger partial charge in [0.15, 0.2) is 0 Å². The predicted molar refractivity (Wildman–Crippen MR) is 79.7 cm³/mol. The molecule has 0 bridgehead atoms. The van der Waals surface area contributed by atoms with Gasteiger partial charge in [-0.05, 0) is 52.6 Å². The minimum Gasteiger partial charge on any atom is -0.396 e. The number of carbonyl (C=O) groups excluding carboxylic acids is 1. The van der Waals surface area contributed by atoms with E-state index in [0.29, 0.717) is 13.1 Å². The number of urea groups is 1. The van der Waals surface area contributed by atoms with Crippen LogP contribution in [0, 0.1) is 5.41 Å². The lowest BCUT2D eigenvalue weighted by Crippen LogP contribution is -2.54. The van der Waals surface area contributed by atoms with Gasteiger partial charge in [-0.3, -0.25) is 4.90 Å². The number of piperidine rings is 1. The second kappa shape index (κ2) is 6.31. The number of likely N-dealkylation sites (tertiary alicyclic amines) is 1. The zero-order chi connectivity index (χ0) is 14.6. The Morgan fingerprint density at radius 1 is 1.20 bits per heavy atom. The number of rotatable bonds is 6. The first-order valence-electron chi connectivity index (χ1n) is 7.85. The van der Waals surface area contributed by atoms with Crippen molar-refractivity contribution in [1.29, 1.82) is 0 Å². The van der Waals surface area contributed by atoms with Gasteiger partial charge in [-0.2, -0.15) is 0 Å². The summed E-state index contributed by atoms with van der Waals surface area (Å²) in [4.78, 5) is 14.3. The summed E-state index contributed by atoms with van der Waals surface area (Å²) < 4.78 is 0. The number of nitrogens with one attached hydrogen (secondary N) is 2. The van der Waals surface area contributed by atoms with Gasteiger partial charge in [0.25, 0.3) is 0 Å². The van der Waals surface area contributed by atoms with Gasteiger partial charge in [-0.25, -0.2) is 4.79 Å². The average molecular weight is 283 g/mol. The van der Waals surface area contributed by atoms with Crippen LogP contribution in [-0.2, 0) is 0 Å². The number of aliphatic hydroxyl groups is 1. The Hall–Kier alpha value is -0.810. The molecule has 0 atom stereocenters. The Bertz CT molecular complexity index is 334. The summed E-state index contributed by atoms with van der Waals surface area (Å²) in [5, 5.41) is 15.1. The Labute approximate surface area is 122 Å². The van der Waals surface area contributed by atoms with Crippen molar-refractivity contribution in [2.45, 2.75) is 51.5 Å². The highest BCUT2D eigenvalue weighted by molar-refractivity contribution is 5.74. The van der Waals surface area contributed by atoms with Crippen LogP contribution in [0.4, 0.5) is 4.79 Å². The van der Waals surface area contributed by atoms with Crippen molar-refractivity contribution in [3.8, 4) is 0 Å². The van der Waals surface area contributed by atoms with Gasteiger partial charge in [0, 0.05) is 24.0 Å². The second-order valence-corrected chi connectivity index (χ2v) is 7.05. The molecule has 0 spiro atoms. The maximum atomic E-state index is 11.8. The smallest absolute Gasteiger partial charge is 0.314 e. The van der Waals surface area contributed by atoms with Crippen LogP contribution < -0.4 is 10.6 Å². The molecule has 1 heterocycles. The van der Waals surface area contributed by atoms with E-state index in [9.17, 15) is 9.90 Å². The highest BCUT2D eigenvalue weighted by atomic mass is 16.3. The number of hydrogen-bond acceptors (Lipinski definition) is 3. The third-order valence-corrected chi connectivity index (χ3v) is 4.81. The highest BCUT2D eigenvalue weighted by Crippen LogP contribution is 2.44. The molecule has 1 aliphatic heterocycles. The lowest BCUT2D eigenvalue weighted by atomic mass is 9.98. The van der Waals surface area contributed by atoms with Gasteiger partial charge in [0.05, 0.1) is 6.61 Å². The van der Waals surface area contributed by atoms with Crippen molar-refractivity contribution in [3.05, 3.63) is 0 Å². The van der Waals surface area contributed by atoms with Gasteiger partial charge in [0.2, 0.25) is 0 Å². The first-order chi connectivity index (χ1) is 9.47. The predicted octanol–water partition coefficient (Wildman–Crippen LogP) is 1.32. The fraction of sp³-hybridized carbons (Fsp3) is 0.933. The topological polar surface area (TPSA) is 64.6 Å². The molecule has 2 fully saturated rings. The number of hydrogen-bond donors (Lipinski definition) is 3. The van der Waals surface area contributed by atoms with Crippen molar-refractivity contribution in [2.75, 3.05) is 32.8 Å². The van der Waals surface area contributed by atoms with E-state index < -0.39 is 0 Å². The van der Waals surface area contributed by atoms with E-state index >= 15 is 0 Å². The summed E-state index contributed by atoms with van der Waals surface area (Å²) in [6.07, 6.45) is 5.87. The quantitative estimate of drug-likeness (QED) is 0.689. The Kier molecular flexibility index (Phi) is 4.91. The third kappa shape index (κ3) is 4.09. The van der Waals surface area contributed by atoms with E-state index in [1.54, 1.807) is 0 Å². The second-order valence-electron chi connectivity index (χ2n) is 7.05. The van der Waals surface area contributed by atoms with Crippen LogP contribution in [0.15, 0.2) is 0 Å². The lowest BCUT2D eigenvalue weighted by Gasteiger charge is -2.41. The van der Waals surface area contributed by atoms with E-state index in [1.807, 2.05) is 0 Å². The van der Waals surface area contributed by atoms with Gasteiger partial charge < -0.3 is 15.7 Å². The molecule has 2 amide bonds. The lowest BCUT2D eigenvalue weighted by molar-refractivity contribution is 0.0958. The van der Waals surface area contributed by atoms with Crippen LogP contribution in [0.25, 0.3) is 0 Å². The number of amides is 2. The summed E-state index contributed by atoms with van der Waals surface area (Å²) in [5.74, 6) is 0. The first kappa shape index (κ1) is 15.6. The monoisotopic (exact) mass is 283 g/mol. The summed E-state index contributed by atoms with van der Waals surface area (Å²) >= 11 is 0. The molecule has 116 valence electrons. The molecule has 20 heavy (non-hydrogen) atoms. The molecule has 2 aliphatic rings. The summed E-state index contributed by atoms with van der Waals surface area (Å²) in [6, 6.07) is -0.116. The standard InChI is InChI=1S/C15H29N3O2/c1-14(2,18-8-4-3-5-9-18)10-16-13(20)17-11-15(12-19)6-7-15/h19H,3-12H2,1-2H3,(H2,16,17,20). The van der Waals surface area contributed by atoms with Crippen molar-refractivity contribution in [1.82, 2.24) is 15.5 Å². The van der Waals surface area contributed by atoms with Crippen molar-refractivity contribution in [3.63, 3.8) is 0 Å². The molecule has 0 aromatic rings. The molecule has 0 aromatic heterocycles. The Morgan fingerprint density at radius 2 is 1.85 bits per heavy atom. The van der Waals surface area contributed by atoms with Gasteiger partial charge in [-0.1, -0.05) is 6.42 Å². The molecule has 2 rings (SSSR count). The van der Waals surface area contributed by atoms with Crippen LogP contribution in [0.5, 0.6) is 0 Å². The molecule has 1 aliphatic carbocycles. The Balaban J connectivity index is 1.68. The van der Waals surface area contributed by atoms with E-state index in [1.165, 1.54) is 19.3 Å². The van der Waals surface area contributed by atoms with Crippen LogP contribution in [0.2, 0.25) is 0 Å². The molecule has 5 heteroatoms. The average Bonchev–Trinajstić information content (AvgIpc) is 3.25. The maximum Gasteiger partial charge on any atom is 0.314 e. The molecular weight excluding hydrogens is 254 g/mol. The normalized spacial score (nSPS) is 22.4.